The van der Waals surface area contributed by atoms with Gasteiger partial charge in [-0.2, -0.15) is 0 Å². The Balaban J connectivity index is 1.80. The second-order valence-electron chi connectivity index (χ2n) is 10.6. The van der Waals surface area contributed by atoms with E-state index in [0.717, 1.165) is 9.87 Å². The van der Waals surface area contributed by atoms with Crippen LogP contribution in [0.1, 0.15) is 25.0 Å². The van der Waals surface area contributed by atoms with Crippen molar-refractivity contribution < 1.29 is 22.9 Å². The van der Waals surface area contributed by atoms with Crippen LogP contribution in [0.4, 0.5) is 11.4 Å². The number of amides is 2. The van der Waals surface area contributed by atoms with Crippen LogP contribution in [0.2, 0.25) is 5.02 Å². The molecule has 234 valence electrons. The number of hydrogen-bond donors (Lipinski definition) is 1. The molecule has 12 heteroatoms. The molecule has 0 spiro atoms. The van der Waals surface area contributed by atoms with Gasteiger partial charge in [-0.15, -0.1) is 0 Å². The SMILES string of the molecule is CC(C)NC(=O)[C@@H](Cc1ccccc1)N(Cc1ccc(Cl)cc1)C(=O)CN(c1ccc([N+](=O)[O-])cc1)S(=O)(=O)c1ccccc1. The monoisotopic (exact) mass is 648 g/mol. The standard InChI is InChI=1S/C33H33ClN4O6S/c1-24(2)35-33(40)31(21-25-9-5-3-6-10-25)36(22-26-13-15-27(34)16-14-26)32(39)23-37(28-17-19-29(20-18-28)38(41)42)45(43,44)30-11-7-4-8-12-30/h3-20,24,31H,21-23H2,1-2H3,(H,35,40)/t31-/m1/s1. The fourth-order valence-corrected chi connectivity index (χ4v) is 6.27. The summed E-state index contributed by atoms with van der Waals surface area (Å²) in [4.78, 5) is 40.1. The number of nitro groups is 1. The second kappa shape index (κ2) is 14.8. The number of nitrogens with zero attached hydrogens (tertiary/aromatic N) is 3. The first-order valence-electron chi connectivity index (χ1n) is 14.2. The first-order chi connectivity index (χ1) is 21.5. The van der Waals surface area contributed by atoms with Crippen LogP contribution < -0.4 is 9.62 Å². The lowest BCUT2D eigenvalue weighted by Crippen LogP contribution is -2.54. The fourth-order valence-electron chi connectivity index (χ4n) is 4.71. The molecule has 0 fully saturated rings. The van der Waals surface area contributed by atoms with E-state index in [2.05, 4.69) is 5.32 Å². The summed E-state index contributed by atoms with van der Waals surface area (Å²) in [6.07, 6.45) is 0.168. The third-order valence-corrected chi connectivity index (χ3v) is 8.97. The van der Waals surface area contributed by atoms with E-state index in [1.807, 2.05) is 44.2 Å². The number of carbonyl (C=O) groups is 2. The number of hydrogen-bond acceptors (Lipinski definition) is 6. The first kappa shape index (κ1) is 33.2. The van der Waals surface area contributed by atoms with E-state index < -0.39 is 39.3 Å². The van der Waals surface area contributed by atoms with Crippen LogP contribution in [0.5, 0.6) is 0 Å². The zero-order valence-corrected chi connectivity index (χ0v) is 26.3. The molecule has 10 nitrogen and oxygen atoms in total. The number of nitrogens with one attached hydrogen (secondary N) is 1. The van der Waals surface area contributed by atoms with E-state index in [-0.39, 0.29) is 35.3 Å². The minimum absolute atomic E-state index is 0.0154. The number of sulfonamides is 1. The highest BCUT2D eigenvalue weighted by atomic mass is 35.5. The summed E-state index contributed by atoms with van der Waals surface area (Å²) in [5.74, 6) is -1.05. The maximum absolute atomic E-state index is 14.4. The highest BCUT2D eigenvalue weighted by Crippen LogP contribution is 2.27. The lowest BCUT2D eigenvalue weighted by Gasteiger charge is -2.34. The van der Waals surface area contributed by atoms with Crippen molar-refractivity contribution >= 4 is 44.8 Å². The van der Waals surface area contributed by atoms with Gasteiger partial charge in [0.05, 0.1) is 15.5 Å². The van der Waals surface area contributed by atoms with Gasteiger partial charge in [0.15, 0.2) is 0 Å². The van der Waals surface area contributed by atoms with E-state index in [1.165, 1.54) is 41.3 Å². The Labute approximate surface area is 267 Å². The smallest absolute Gasteiger partial charge is 0.269 e. The highest BCUT2D eigenvalue weighted by Gasteiger charge is 2.35. The zero-order chi connectivity index (χ0) is 32.6. The number of non-ortho nitro benzene ring substituents is 1. The first-order valence-corrected chi connectivity index (χ1v) is 16.0. The third-order valence-electron chi connectivity index (χ3n) is 6.93. The minimum atomic E-state index is -4.32. The van der Waals surface area contributed by atoms with Gasteiger partial charge in [0, 0.05) is 36.2 Å². The Morgan fingerprint density at radius 2 is 1.42 bits per heavy atom. The van der Waals surface area contributed by atoms with Crippen molar-refractivity contribution in [2.45, 2.75) is 43.8 Å². The molecule has 4 aromatic carbocycles. The predicted octanol–water partition coefficient (Wildman–Crippen LogP) is 5.61. The van der Waals surface area contributed by atoms with Crippen LogP contribution in [-0.4, -0.2) is 48.7 Å². The molecule has 0 aliphatic carbocycles. The molecule has 4 aromatic rings. The summed E-state index contributed by atoms with van der Waals surface area (Å²) in [6, 6.07) is 27.3. The quantitative estimate of drug-likeness (QED) is 0.148. The molecule has 0 unspecified atom stereocenters. The molecule has 0 aromatic heterocycles. The van der Waals surface area contributed by atoms with Crippen molar-refractivity contribution in [2.24, 2.45) is 0 Å². The Kier molecular flexibility index (Phi) is 10.9. The average Bonchev–Trinajstić information content (AvgIpc) is 3.03. The van der Waals surface area contributed by atoms with Crippen LogP contribution in [0, 0.1) is 10.1 Å². The Bertz CT molecular complexity index is 1720. The Morgan fingerprint density at radius 1 is 0.844 bits per heavy atom. The average molecular weight is 649 g/mol. The highest BCUT2D eigenvalue weighted by molar-refractivity contribution is 7.92. The number of carbonyl (C=O) groups excluding carboxylic acids is 2. The summed E-state index contributed by atoms with van der Waals surface area (Å²) < 4.78 is 28.9. The summed E-state index contributed by atoms with van der Waals surface area (Å²) >= 11 is 6.10. The topological polar surface area (TPSA) is 130 Å². The number of halogens is 1. The van der Waals surface area contributed by atoms with Crippen molar-refractivity contribution in [3.8, 4) is 0 Å². The van der Waals surface area contributed by atoms with Gasteiger partial charge in [-0.05, 0) is 61.4 Å². The van der Waals surface area contributed by atoms with Crippen molar-refractivity contribution in [1.29, 1.82) is 0 Å². The summed E-state index contributed by atoms with van der Waals surface area (Å²) in [7, 11) is -4.32. The molecule has 2 amide bonds. The van der Waals surface area contributed by atoms with Gasteiger partial charge in [0.2, 0.25) is 11.8 Å². The lowest BCUT2D eigenvalue weighted by molar-refractivity contribution is -0.384. The molecule has 0 bridgehead atoms. The zero-order valence-electron chi connectivity index (χ0n) is 24.7. The fraction of sp³-hybridized carbons (Fsp3) is 0.212. The van der Waals surface area contributed by atoms with Crippen molar-refractivity contribution in [3.05, 3.63) is 135 Å². The normalized spacial score (nSPS) is 11.9. The van der Waals surface area contributed by atoms with Gasteiger partial charge in [0.1, 0.15) is 12.6 Å². The number of benzene rings is 4. The van der Waals surface area contributed by atoms with Crippen molar-refractivity contribution in [1.82, 2.24) is 10.2 Å². The van der Waals surface area contributed by atoms with Crippen molar-refractivity contribution in [2.75, 3.05) is 10.8 Å². The van der Waals surface area contributed by atoms with Crippen LogP contribution in [0.3, 0.4) is 0 Å². The van der Waals surface area contributed by atoms with Gasteiger partial charge in [-0.1, -0.05) is 72.3 Å². The van der Waals surface area contributed by atoms with Gasteiger partial charge in [-0.25, -0.2) is 8.42 Å². The lowest BCUT2D eigenvalue weighted by atomic mass is 10.0. The second-order valence-corrected chi connectivity index (χ2v) is 12.9. The molecule has 45 heavy (non-hydrogen) atoms. The molecule has 0 radical (unpaired) electrons. The molecular formula is C33H33ClN4O6S. The van der Waals surface area contributed by atoms with E-state index >= 15 is 0 Å². The van der Waals surface area contributed by atoms with E-state index in [0.29, 0.717) is 10.6 Å². The summed E-state index contributed by atoms with van der Waals surface area (Å²) in [5, 5.41) is 14.7. The van der Waals surface area contributed by atoms with Crippen LogP contribution in [0.15, 0.2) is 114 Å². The minimum Gasteiger partial charge on any atom is -0.352 e. The molecule has 4 rings (SSSR count). The van der Waals surface area contributed by atoms with E-state index in [1.54, 1.807) is 42.5 Å². The predicted molar refractivity (Wildman–Crippen MR) is 173 cm³/mol. The number of nitro benzene ring substituents is 1. The third kappa shape index (κ3) is 8.68. The largest absolute Gasteiger partial charge is 0.352 e. The molecule has 0 aliphatic rings. The molecule has 0 saturated heterocycles. The Morgan fingerprint density at radius 3 is 1.98 bits per heavy atom. The number of rotatable bonds is 13. The maximum Gasteiger partial charge on any atom is 0.269 e. The van der Waals surface area contributed by atoms with Crippen molar-refractivity contribution in [3.63, 3.8) is 0 Å². The van der Waals surface area contributed by atoms with Gasteiger partial charge in [-0.3, -0.25) is 24.0 Å². The molecule has 0 saturated carbocycles. The van der Waals surface area contributed by atoms with Crippen LogP contribution >= 0.6 is 11.6 Å². The molecular weight excluding hydrogens is 616 g/mol. The number of anilines is 1. The van der Waals surface area contributed by atoms with Crippen LogP contribution in [-0.2, 0) is 32.6 Å². The van der Waals surface area contributed by atoms with Gasteiger partial charge in [0.25, 0.3) is 15.7 Å². The van der Waals surface area contributed by atoms with E-state index in [9.17, 15) is 28.1 Å². The maximum atomic E-state index is 14.4. The Hall–Kier alpha value is -4.74. The van der Waals surface area contributed by atoms with E-state index in [4.69, 9.17) is 11.6 Å². The van der Waals surface area contributed by atoms with Crippen LogP contribution in [0.25, 0.3) is 0 Å². The molecule has 0 heterocycles. The summed E-state index contributed by atoms with van der Waals surface area (Å²) in [6.45, 7) is 2.93. The molecule has 1 N–H and O–H groups in total. The molecule has 0 aliphatic heterocycles. The van der Waals surface area contributed by atoms with Gasteiger partial charge < -0.3 is 10.2 Å². The summed E-state index contributed by atoms with van der Waals surface area (Å²) in [5.41, 5.74) is 1.30. The van der Waals surface area contributed by atoms with Gasteiger partial charge >= 0.3 is 0 Å². The molecule has 1 atom stereocenters.